The molecule has 3 nitrogen and oxygen atoms in total. The monoisotopic (exact) mass is 296 g/mol. The Kier molecular flexibility index (Phi) is 4.51. The Bertz CT molecular complexity index is 558. The van der Waals surface area contributed by atoms with Crippen LogP contribution in [0.4, 0.5) is 5.69 Å². The van der Waals surface area contributed by atoms with Crippen LogP contribution in [0, 0.1) is 0 Å². The van der Waals surface area contributed by atoms with E-state index in [1.54, 1.807) is 25.4 Å². The van der Waals surface area contributed by atoms with Gasteiger partial charge in [0.15, 0.2) is 0 Å². The van der Waals surface area contributed by atoms with Gasteiger partial charge in [0.1, 0.15) is 0 Å². The zero-order valence-electron chi connectivity index (χ0n) is 10.7. The number of nitrogens with zero attached hydrogens (tertiary/aromatic N) is 1. The predicted molar refractivity (Wildman–Crippen MR) is 79.3 cm³/mol. The van der Waals surface area contributed by atoms with Crippen LogP contribution in [0.25, 0.3) is 0 Å². The third kappa shape index (κ3) is 3.52. The maximum atomic E-state index is 6.18. The Labute approximate surface area is 122 Å². The fraction of sp³-hybridized carbons (Fsp3) is 0.214. The Morgan fingerprint density at radius 2 is 2.00 bits per heavy atom. The molecule has 0 saturated carbocycles. The second-order valence-electron chi connectivity index (χ2n) is 4.12. The van der Waals surface area contributed by atoms with Crippen molar-refractivity contribution < 1.29 is 4.74 Å². The lowest BCUT2D eigenvalue weighted by Crippen LogP contribution is -2.07. The average Bonchev–Trinajstić information content (AvgIpc) is 2.39. The molecule has 0 aliphatic carbocycles. The standard InChI is InChI=1S/C14H14Cl2N2O/c1-9(12-5-3-10(15)7-13(12)16)18-11-4-6-14(19-2)17-8-11/h3-9,18H,1-2H3. The van der Waals surface area contributed by atoms with Crippen molar-refractivity contribution in [2.75, 3.05) is 12.4 Å². The van der Waals surface area contributed by atoms with Crippen LogP contribution in [0.3, 0.4) is 0 Å². The Balaban J connectivity index is 2.13. The lowest BCUT2D eigenvalue weighted by molar-refractivity contribution is 0.398. The zero-order chi connectivity index (χ0) is 13.8. The topological polar surface area (TPSA) is 34.1 Å². The van der Waals surface area contributed by atoms with Crippen molar-refractivity contribution in [1.82, 2.24) is 4.98 Å². The van der Waals surface area contributed by atoms with Gasteiger partial charge in [-0.1, -0.05) is 29.3 Å². The molecule has 1 heterocycles. The van der Waals surface area contributed by atoms with Crippen LogP contribution in [0.2, 0.25) is 10.0 Å². The predicted octanol–water partition coefficient (Wildman–Crippen LogP) is 4.57. The number of nitrogens with one attached hydrogen (secondary N) is 1. The fourth-order valence-corrected chi connectivity index (χ4v) is 2.34. The molecule has 1 aromatic heterocycles. The molecule has 0 bridgehead atoms. The average molecular weight is 297 g/mol. The van der Waals surface area contributed by atoms with Crippen LogP contribution in [-0.2, 0) is 0 Å². The van der Waals surface area contributed by atoms with Crippen molar-refractivity contribution in [3.8, 4) is 5.88 Å². The van der Waals surface area contributed by atoms with Crippen molar-refractivity contribution in [2.24, 2.45) is 0 Å². The summed E-state index contributed by atoms with van der Waals surface area (Å²) in [6.07, 6.45) is 1.72. The Morgan fingerprint density at radius 1 is 1.21 bits per heavy atom. The number of halogens is 2. The smallest absolute Gasteiger partial charge is 0.213 e. The van der Waals surface area contributed by atoms with Gasteiger partial charge in [0.2, 0.25) is 5.88 Å². The molecule has 0 fully saturated rings. The maximum Gasteiger partial charge on any atom is 0.213 e. The van der Waals surface area contributed by atoms with Crippen molar-refractivity contribution in [1.29, 1.82) is 0 Å². The van der Waals surface area contributed by atoms with Gasteiger partial charge in [-0.15, -0.1) is 0 Å². The normalized spacial score (nSPS) is 12.0. The van der Waals surface area contributed by atoms with Crippen LogP contribution < -0.4 is 10.1 Å². The second kappa shape index (κ2) is 6.13. The maximum absolute atomic E-state index is 6.18. The van der Waals surface area contributed by atoms with E-state index in [0.29, 0.717) is 15.9 Å². The van der Waals surface area contributed by atoms with E-state index in [1.807, 2.05) is 25.1 Å². The van der Waals surface area contributed by atoms with Gasteiger partial charge >= 0.3 is 0 Å². The molecule has 0 saturated heterocycles. The second-order valence-corrected chi connectivity index (χ2v) is 4.96. The third-order valence-electron chi connectivity index (χ3n) is 2.76. The largest absolute Gasteiger partial charge is 0.481 e. The Hall–Kier alpha value is -1.45. The molecule has 0 radical (unpaired) electrons. The summed E-state index contributed by atoms with van der Waals surface area (Å²) >= 11 is 12.1. The number of pyridine rings is 1. The van der Waals surface area contributed by atoms with E-state index < -0.39 is 0 Å². The minimum atomic E-state index is 0.0555. The first-order valence-corrected chi connectivity index (χ1v) is 6.57. The van der Waals surface area contributed by atoms with Gasteiger partial charge in [0.05, 0.1) is 25.0 Å². The first kappa shape index (κ1) is 14.0. The van der Waals surface area contributed by atoms with E-state index in [9.17, 15) is 0 Å². The highest BCUT2D eigenvalue weighted by molar-refractivity contribution is 6.35. The molecular weight excluding hydrogens is 283 g/mol. The van der Waals surface area contributed by atoms with Gasteiger partial charge < -0.3 is 10.1 Å². The minimum absolute atomic E-state index is 0.0555. The summed E-state index contributed by atoms with van der Waals surface area (Å²) in [6, 6.07) is 9.25. The van der Waals surface area contributed by atoms with Crippen LogP contribution in [0.15, 0.2) is 36.5 Å². The highest BCUT2D eigenvalue weighted by atomic mass is 35.5. The molecule has 1 unspecified atom stereocenters. The third-order valence-corrected chi connectivity index (χ3v) is 3.32. The summed E-state index contributed by atoms with van der Waals surface area (Å²) in [5, 5.41) is 4.60. The number of rotatable bonds is 4. The molecule has 2 rings (SSSR count). The summed E-state index contributed by atoms with van der Waals surface area (Å²) in [6.45, 7) is 2.03. The molecule has 2 aromatic rings. The number of benzene rings is 1. The number of methoxy groups -OCH3 is 1. The molecule has 0 aliphatic heterocycles. The van der Waals surface area contributed by atoms with Gasteiger partial charge in [-0.2, -0.15) is 0 Å². The molecule has 0 aliphatic rings. The van der Waals surface area contributed by atoms with Crippen LogP contribution in [-0.4, -0.2) is 12.1 Å². The van der Waals surface area contributed by atoms with E-state index in [1.165, 1.54) is 0 Å². The molecule has 1 atom stereocenters. The summed E-state index contributed by atoms with van der Waals surface area (Å²) in [4.78, 5) is 4.14. The fourth-order valence-electron chi connectivity index (χ4n) is 1.77. The first-order valence-electron chi connectivity index (χ1n) is 5.81. The van der Waals surface area contributed by atoms with Crippen molar-refractivity contribution in [3.63, 3.8) is 0 Å². The van der Waals surface area contributed by atoms with E-state index in [-0.39, 0.29) is 6.04 Å². The van der Waals surface area contributed by atoms with Crippen LogP contribution in [0.1, 0.15) is 18.5 Å². The number of anilines is 1. The van der Waals surface area contributed by atoms with Gasteiger partial charge in [-0.05, 0) is 30.7 Å². The molecule has 1 aromatic carbocycles. The number of hydrogen-bond donors (Lipinski definition) is 1. The van der Waals surface area contributed by atoms with Crippen LogP contribution >= 0.6 is 23.2 Å². The SMILES string of the molecule is COc1ccc(NC(C)c2ccc(Cl)cc2Cl)cn1. The Morgan fingerprint density at radius 3 is 2.58 bits per heavy atom. The van der Waals surface area contributed by atoms with E-state index >= 15 is 0 Å². The van der Waals surface area contributed by atoms with E-state index in [0.717, 1.165) is 11.3 Å². The summed E-state index contributed by atoms with van der Waals surface area (Å²) in [5.74, 6) is 0.586. The van der Waals surface area contributed by atoms with Gasteiger partial charge in [0, 0.05) is 16.1 Å². The summed E-state index contributed by atoms with van der Waals surface area (Å²) in [5.41, 5.74) is 1.89. The van der Waals surface area contributed by atoms with Gasteiger partial charge in [0.25, 0.3) is 0 Å². The van der Waals surface area contributed by atoms with Crippen molar-refractivity contribution in [3.05, 3.63) is 52.1 Å². The summed E-state index contributed by atoms with van der Waals surface area (Å²) in [7, 11) is 1.59. The number of aromatic nitrogens is 1. The highest BCUT2D eigenvalue weighted by Crippen LogP contribution is 2.28. The van der Waals surface area contributed by atoms with Crippen LogP contribution in [0.5, 0.6) is 5.88 Å². The molecule has 5 heteroatoms. The quantitative estimate of drug-likeness (QED) is 0.897. The first-order chi connectivity index (χ1) is 9.10. The highest BCUT2D eigenvalue weighted by Gasteiger charge is 2.10. The summed E-state index contributed by atoms with van der Waals surface area (Å²) < 4.78 is 5.02. The lowest BCUT2D eigenvalue weighted by atomic mass is 10.1. The molecular formula is C14H14Cl2N2O. The van der Waals surface area contributed by atoms with Gasteiger partial charge in [-0.25, -0.2) is 4.98 Å². The minimum Gasteiger partial charge on any atom is -0.481 e. The van der Waals surface area contributed by atoms with Crippen molar-refractivity contribution in [2.45, 2.75) is 13.0 Å². The van der Waals surface area contributed by atoms with E-state index in [4.69, 9.17) is 27.9 Å². The van der Waals surface area contributed by atoms with Gasteiger partial charge in [-0.3, -0.25) is 0 Å². The molecule has 100 valence electrons. The molecule has 1 N–H and O–H groups in total. The number of ether oxygens (including phenoxy) is 1. The molecule has 0 amide bonds. The molecule has 0 spiro atoms. The number of hydrogen-bond acceptors (Lipinski definition) is 3. The van der Waals surface area contributed by atoms with Crippen molar-refractivity contribution >= 4 is 28.9 Å². The lowest BCUT2D eigenvalue weighted by Gasteiger charge is -2.17. The van der Waals surface area contributed by atoms with E-state index in [2.05, 4.69) is 10.3 Å². The zero-order valence-corrected chi connectivity index (χ0v) is 12.2. The molecule has 19 heavy (non-hydrogen) atoms.